The third-order valence-corrected chi connectivity index (χ3v) is 10.2. The summed E-state index contributed by atoms with van der Waals surface area (Å²) in [5.74, 6) is -0.649. The molecule has 2 atom stereocenters. The number of carbonyl (C=O) groups excluding carboxylic acids is 3. The van der Waals surface area contributed by atoms with Gasteiger partial charge < -0.3 is 9.84 Å². The average molecular weight is 585 g/mol. The Kier molecular flexibility index (Phi) is 9.86. The summed E-state index contributed by atoms with van der Waals surface area (Å²) in [7, 11) is -2.88. The Morgan fingerprint density at radius 2 is 1.68 bits per heavy atom. The molecule has 4 rings (SSSR count). The first kappa shape index (κ1) is 30.7. The van der Waals surface area contributed by atoms with Gasteiger partial charge >= 0.3 is 12.0 Å². The second kappa shape index (κ2) is 13.2. The third-order valence-electron chi connectivity index (χ3n) is 8.13. The average Bonchev–Trinajstić information content (AvgIpc) is 3.21. The lowest BCUT2D eigenvalue weighted by Crippen LogP contribution is -2.41. The van der Waals surface area contributed by atoms with Crippen LogP contribution in [-0.4, -0.2) is 54.1 Å². The summed E-state index contributed by atoms with van der Waals surface area (Å²) in [4.78, 5) is 40.0. The summed E-state index contributed by atoms with van der Waals surface area (Å²) in [5.41, 5.74) is 2.69. The van der Waals surface area contributed by atoms with E-state index in [0.29, 0.717) is 28.8 Å². The number of aliphatic hydroxyl groups is 1. The van der Waals surface area contributed by atoms with E-state index in [0.717, 1.165) is 29.5 Å². The van der Waals surface area contributed by atoms with Crippen molar-refractivity contribution in [2.24, 2.45) is 5.92 Å². The van der Waals surface area contributed by atoms with E-state index in [1.807, 2.05) is 18.2 Å². The highest BCUT2D eigenvalue weighted by atomic mass is 32.2. The van der Waals surface area contributed by atoms with E-state index in [-0.39, 0.29) is 18.8 Å². The molecule has 10 heteroatoms. The van der Waals surface area contributed by atoms with Gasteiger partial charge in [-0.05, 0) is 61.4 Å². The fourth-order valence-corrected chi connectivity index (χ4v) is 6.80. The van der Waals surface area contributed by atoms with Crippen molar-refractivity contribution in [2.75, 3.05) is 12.0 Å². The standard InChI is InChI=1S/C31H40N2O7S/c1-21(2)41(38,39)33-30(36)27(19-24-11-7-10-23(18-24)12-17-29(35)40-3)32(31(33)37)26-15-13-25(14-16-26)28(34)20-22-8-5-4-6-9-22/h7,10-11,13-16,18,21-22,27-28,34H,4-6,8-9,12,17,19-20H2,1-3H3. The van der Waals surface area contributed by atoms with Crippen LogP contribution in [-0.2, 0) is 37.2 Å². The zero-order valence-corrected chi connectivity index (χ0v) is 24.8. The maximum absolute atomic E-state index is 13.6. The number of esters is 1. The van der Waals surface area contributed by atoms with Crippen LogP contribution < -0.4 is 4.90 Å². The monoisotopic (exact) mass is 584 g/mol. The molecule has 222 valence electrons. The van der Waals surface area contributed by atoms with Gasteiger partial charge in [0.1, 0.15) is 6.04 Å². The molecule has 1 N–H and O–H groups in total. The Balaban J connectivity index is 1.60. The van der Waals surface area contributed by atoms with Crippen LogP contribution in [0.2, 0.25) is 0 Å². The molecule has 1 aliphatic carbocycles. The van der Waals surface area contributed by atoms with Crippen molar-refractivity contribution in [1.29, 1.82) is 0 Å². The highest BCUT2D eigenvalue weighted by molar-refractivity contribution is 7.90. The minimum atomic E-state index is -4.21. The van der Waals surface area contributed by atoms with Crippen LogP contribution in [0.4, 0.5) is 10.5 Å². The minimum absolute atomic E-state index is 0.0901. The molecule has 1 saturated heterocycles. The van der Waals surface area contributed by atoms with E-state index in [9.17, 15) is 27.9 Å². The topological polar surface area (TPSA) is 121 Å². The van der Waals surface area contributed by atoms with Crippen LogP contribution in [0.5, 0.6) is 0 Å². The number of benzene rings is 2. The summed E-state index contributed by atoms with van der Waals surface area (Å²) in [6.07, 6.45) is 6.63. The maximum atomic E-state index is 13.6. The molecule has 0 aromatic heterocycles. The molecular weight excluding hydrogens is 544 g/mol. The Bertz CT molecular complexity index is 1350. The number of nitrogens with zero attached hydrogens (tertiary/aromatic N) is 2. The quantitative estimate of drug-likeness (QED) is 0.294. The Hall–Kier alpha value is -3.24. The van der Waals surface area contributed by atoms with E-state index in [1.54, 1.807) is 30.3 Å². The highest BCUT2D eigenvalue weighted by Gasteiger charge is 2.52. The molecule has 2 aromatic carbocycles. The van der Waals surface area contributed by atoms with Crippen LogP contribution in [0.3, 0.4) is 0 Å². The van der Waals surface area contributed by atoms with Gasteiger partial charge in [-0.3, -0.25) is 14.5 Å². The summed E-state index contributed by atoms with van der Waals surface area (Å²) in [5, 5.41) is 9.89. The third kappa shape index (κ3) is 6.98. The summed E-state index contributed by atoms with van der Waals surface area (Å²) >= 11 is 0. The Morgan fingerprint density at radius 3 is 2.32 bits per heavy atom. The van der Waals surface area contributed by atoms with Crippen LogP contribution in [0.25, 0.3) is 0 Å². The minimum Gasteiger partial charge on any atom is -0.469 e. The number of aliphatic hydroxyl groups excluding tert-OH is 1. The molecule has 2 aliphatic rings. The number of sulfonamides is 1. The number of anilines is 1. The lowest BCUT2D eigenvalue weighted by atomic mass is 9.84. The normalized spacial score (nSPS) is 19.2. The molecular formula is C31H40N2O7S. The second-order valence-electron chi connectivity index (χ2n) is 11.3. The fourth-order valence-electron chi connectivity index (χ4n) is 5.70. The summed E-state index contributed by atoms with van der Waals surface area (Å²) in [6, 6.07) is 12.1. The fraction of sp³-hybridized carbons (Fsp3) is 0.516. The van der Waals surface area contributed by atoms with Gasteiger partial charge in [-0.1, -0.05) is 68.5 Å². The van der Waals surface area contributed by atoms with Crippen LogP contribution in [0.1, 0.15) is 81.6 Å². The van der Waals surface area contributed by atoms with Gasteiger partial charge in [0.2, 0.25) is 10.0 Å². The second-order valence-corrected chi connectivity index (χ2v) is 13.6. The van der Waals surface area contributed by atoms with Gasteiger partial charge in [0.25, 0.3) is 5.91 Å². The lowest BCUT2D eigenvalue weighted by molar-refractivity contribution is -0.140. The van der Waals surface area contributed by atoms with E-state index >= 15 is 0 Å². The largest absolute Gasteiger partial charge is 0.469 e. The Labute approximate surface area is 242 Å². The van der Waals surface area contributed by atoms with Gasteiger partial charge in [-0.15, -0.1) is 0 Å². The zero-order valence-electron chi connectivity index (χ0n) is 24.0. The molecule has 0 radical (unpaired) electrons. The van der Waals surface area contributed by atoms with Crippen molar-refractivity contribution in [3.8, 4) is 0 Å². The molecule has 1 aliphatic heterocycles. The van der Waals surface area contributed by atoms with Gasteiger partial charge in [0, 0.05) is 18.5 Å². The number of urea groups is 1. The van der Waals surface area contributed by atoms with Crippen LogP contribution in [0.15, 0.2) is 48.5 Å². The maximum Gasteiger partial charge on any atom is 0.346 e. The number of imide groups is 1. The smallest absolute Gasteiger partial charge is 0.346 e. The number of ether oxygens (including phenoxy) is 1. The number of hydrogen-bond donors (Lipinski definition) is 1. The molecule has 9 nitrogen and oxygen atoms in total. The van der Waals surface area contributed by atoms with Gasteiger partial charge in [-0.25, -0.2) is 13.2 Å². The van der Waals surface area contributed by atoms with Crippen molar-refractivity contribution in [2.45, 2.75) is 89.0 Å². The molecule has 41 heavy (non-hydrogen) atoms. The highest BCUT2D eigenvalue weighted by Crippen LogP contribution is 2.35. The van der Waals surface area contributed by atoms with Crippen molar-refractivity contribution < 1.29 is 32.6 Å². The number of amides is 3. The van der Waals surface area contributed by atoms with Gasteiger partial charge in [0.05, 0.1) is 18.5 Å². The van der Waals surface area contributed by atoms with Crippen molar-refractivity contribution in [3.63, 3.8) is 0 Å². The molecule has 2 unspecified atom stereocenters. The molecule has 2 fully saturated rings. The molecule has 3 amide bonds. The van der Waals surface area contributed by atoms with Gasteiger partial charge in [-0.2, -0.15) is 4.31 Å². The lowest BCUT2D eigenvalue weighted by Gasteiger charge is -2.25. The molecule has 0 bridgehead atoms. The van der Waals surface area contributed by atoms with Gasteiger partial charge in [0.15, 0.2) is 0 Å². The number of hydrogen-bond acceptors (Lipinski definition) is 7. The zero-order chi connectivity index (χ0) is 29.7. The first-order valence-electron chi connectivity index (χ1n) is 14.4. The number of aryl methyl sites for hydroxylation is 1. The predicted octanol–water partition coefficient (Wildman–Crippen LogP) is 4.91. The van der Waals surface area contributed by atoms with E-state index in [4.69, 9.17) is 4.74 Å². The SMILES string of the molecule is COC(=O)CCc1cccc(CC2C(=O)N(S(=O)(=O)C(C)C)C(=O)N2c2ccc(C(O)CC3CCCCC3)cc2)c1. The summed E-state index contributed by atoms with van der Waals surface area (Å²) < 4.78 is 31.3. The van der Waals surface area contributed by atoms with Crippen molar-refractivity contribution in [1.82, 2.24) is 4.31 Å². The number of methoxy groups -OCH3 is 1. The van der Waals surface area contributed by atoms with E-state index < -0.39 is 39.4 Å². The van der Waals surface area contributed by atoms with Crippen molar-refractivity contribution >= 4 is 33.6 Å². The number of rotatable bonds is 11. The molecule has 1 heterocycles. The molecule has 0 spiro atoms. The van der Waals surface area contributed by atoms with Crippen LogP contribution >= 0.6 is 0 Å². The molecule has 2 aromatic rings. The van der Waals surface area contributed by atoms with E-state index in [2.05, 4.69) is 0 Å². The predicted molar refractivity (Wildman–Crippen MR) is 156 cm³/mol. The van der Waals surface area contributed by atoms with Crippen LogP contribution in [0, 0.1) is 5.92 Å². The first-order valence-corrected chi connectivity index (χ1v) is 15.9. The first-order chi connectivity index (χ1) is 19.5. The number of carbonyl (C=O) groups is 3. The van der Waals surface area contributed by atoms with E-state index in [1.165, 1.54) is 45.1 Å². The van der Waals surface area contributed by atoms with Crippen molar-refractivity contribution in [3.05, 3.63) is 65.2 Å². The Morgan fingerprint density at radius 1 is 1.02 bits per heavy atom. The molecule has 1 saturated carbocycles. The summed E-state index contributed by atoms with van der Waals surface area (Å²) in [6.45, 7) is 2.86.